The van der Waals surface area contributed by atoms with Gasteiger partial charge in [-0.25, -0.2) is 4.98 Å². The Balaban J connectivity index is 1.52. The minimum absolute atomic E-state index is 0.0461. The highest BCUT2D eigenvalue weighted by Gasteiger charge is 2.55. The first-order chi connectivity index (χ1) is 13.0. The maximum Gasteiger partial charge on any atom is 0.311 e. The Morgan fingerprint density at radius 3 is 3.04 bits per heavy atom. The molecule has 4 rings (SSSR count). The molecule has 0 bridgehead atoms. The van der Waals surface area contributed by atoms with Crippen molar-refractivity contribution in [3.8, 4) is 0 Å². The van der Waals surface area contributed by atoms with Crippen LogP contribution in [-0.2, 0) is 10.5 Å². The number of likely N-dealkylation sites (tertiary alicyclic amines) is 1. The number of aromatic nitrogens is 2. The topological polar surface area (TPSA) is 96.5 Å². The van der Waals surface area contributed by atoms with E-state index in [0.717, 1.165) is 24.3 Å². The van der Waals surface area contributed by atoms with Gasteiger partial charge in [0.05, 0.1) is 16.7 Å². The maximum absolute atomic E-state index is 13.1. The first-order valence-corrected chi connectivity index (χ1v) is 10.0. The van der Waals surface area contributed by atoms with E-state index in [2.05, 4.69) is 10.1 Å². The third-order valence-corrected chi connectivity index (χ3v) is 6.66. The van der Waals surface area contributed by atoms with Crippen LogP contribution >= 0.6 is 11.8 Å². The minimum Gasteiger partial charge on any atom is -0.481 e. The van der Waals surface area contributed by atoms with E-state index in [1.165, 1.54) is 11.8 Å². The molecule has 1 aliphatic heterocycles. The lowest BCUT2D eigenvalue weighted by Crippen LogP contribution is -2.37. The van der Waals surface area contributed by atoms with E-state index in [1.807, 2.05) is 13.0 Å². The summed E-state index contributed by atoms with van der Waals surface area (Å²) in [4.78, 5) is 31.0. The van der Waals surface area contributed by atoms with Crippen LogP contribution in [0, 0.1) is 18.3 Å². The van der Waals surface area contributed by atoms with Crippen molar-refractivity contribution in [3.05, 3.63) is 41.4 Å². The van der Waals surface area contributed by atoms with Gasteiger partial charge in [0.15, 0.2) is 0 Å². The van der Waals surface area contributed by atoms with Crippen molar-refractivity contribution in [3.63, 3.8) is 0 Å². The summed E-state index contributed by atoms with van der Waals surface area (Å²) in [5.41, 5.74) is 0.536. The zero-order valence-corrected chi connectivity index (χ0v) is 15.9. The van der Waals surface area contributed by atoms with Gasteiger partial charge in [-0.15, -0.1) is 0 Å². The van der Waals surface area contributed by atoms with E-state index in [-0.39, 0.29) is 18.4 Å². The lowest BCUT2D eigenvalue weighted by atomic mass is 9.81. The molecule has 2 aliphatic rings. The van der Waals surface area contributed by atoms with Crippen LogP contribution in [0.15, 0.2) is 33.9 Å². The van der Waals surface area contributed by atoms with Crippen LogP contribution < -0.4 is 0 Å². The van der Waals surface area contributed by atoms with Crippen molar-refractivity contribution >= 4 is 23.6 Å². The number of fused-ring (bicyclic) bond motifs is 1. The minimum atomic E-state index is -0.775. The van der Waals surface area contributed by atoms with Gasteiger partial charge in [-0.1, -0.05) is 23.3 Å². The second kappa shape index (κ2) is 6.99. The van der Waals surface area contributed by atoms with Crippen molar-refractivity contribution in [2.24, 2.45) is 11.3 Å². The van der Waals surface area contributed by atoms with Gasteiger partial charge < -0.3 is 14.5 Å². The van der Waals surface area contributed by atoms with E-state index < -0.39 is 11.4 Å². The SMILES string of the molecule is Cc1cc(CSc2ncccc2C(=O)N2C[C@@H]3CCC[C@@]3(C(=O)O)C2)no1. The molecular weight excluding hydrogens is 366 g/mol. The third-order valence-electron chi connectivity index (χ3n) is 5.62. The monoisotopic (exact) mass is 387 g/mol. The van der Waals surface area contributed by atoms with Crippen LogP contribution in [0.1, 0.15) is 41.1 Å². The fourth-order valence-electron chi connectivity index (χ4n) is 4.26. The van der Waals surface area contributed by atoms with E-state index in [4.69, 9.17) is 4.52 Å². The van der Waals surface area contributed by atoms with Crippen LogP contribution in [0.3, 0.4) is 0 Å². The van der Waals surface area contributed by atoms with Gasteiger partial charge in [0.1, 0.15) is 10.8 Å². The first kappa shape index (κ1) is 18.0. The lowest BCUT2D eigenvalue weighted by Gasteiger charge is -2.23. The molecule has 7 nitrogen and oxygen atoms in total. The smallest absolute Gasteiger partial charge is 0.311 e. The van der Waals surface area contributed by atoms with Crippen molar-refractivity contribution < 1.29 is 19.2 Å². The number of carbonyl (C=O) groups is 2. The summed E-state index contributed by atoms with van der Waals surface area (Å²) in [7, 11) is 0. The molecule has 1 saturated carbocycles. The van der Waals surface area contributed by atoms with Crippen LogP contribution in [-0.4, -0.2) is 45.1 Å². The van der Waals surface area contributed by atoms with Gasteiger partial charge in [-0.3, -0.25) is 9.59 Å². The molecule has 0 aromatic carbocycles. The van der Waals surface area contributed by atoms with Crippen molar-refractivity contribution in [1.82, 2.24) is 15.0 Å². The second-order valence-electron chi connectivity index (χ2n) is 7.31. The molecular formula is C19H21N3O4S. The Kier molecular flexibility index (Phi) is 4.67. The maximum atomic E-state index is 13.1. The highest BCUT2D eigenvalue weighted by Crippen LogP contribution is 2.49. The number of carboxylic acids is 1. The molecule has 142 valence electrons. The number of pyridine rings is 1. The molecule has 1 N–H and O–H groups in total. The molecule has 2 atom stereocenters. The summed E-state index contributed by atoms with van der Waals surface area (Å²) in [6, 6.07) is 5.35. The average Bonchev–Trinajstić information content (AvgIpc) is 3.33. The number of hydrogen-bond acceptors (Lipinski definition) is 6. The molecule has 3 heterocycles. The predicted molar refractivity (Wildman–Crippen MR) is 98.4 cm³/mol. The Labute approximate surface area is 161 Å². The lowest BCUT2D eigenvalue weighted by molar-refractivity contribution is -0.149. The predicted octanol–water partition coefficient (Wildman–Crippen LogP) is 3.00. The summed E-state index contributed by atoms with van der Waals surface area (Å²) in [5, 5.41) is 14.3. The Hall–Kier alpha value is -2.35. The fraction of sp³-hybridized carbons (Fsp3) is 0.474. The van der Waals surface area contributed by atoms with Gasteiger partial charge in [-0.05, 0) is 37.8 Å². The fourth-order valence-corrected chi connectivity index (χ4v) is 5.13. The summed E-state index contributed by atoms with van der Waals surface area (Å²) in [5.74, 6) is 0.422. The van der Waals surface area contributed by atoms with E-state index >= 15 is 0 Å². The number of amides is 1. The number of rotatable bonds is 5. The van der Waals surface area contributed by atoms with Gasteiger partial charge in [0.25, 0.3) is 5.91 Å². The molecule has 2 aromatic rings. The van der Waals surface area contributed by atoms with Gasteiger partial charge in [0, 0.05) is 31.1 Å². The molecule has 2 fully saturated rings. The summed E-state index contributed by atoms with van der Waals surface area (Å²) < 4.78 is 5.07. The zero-order chi connectivity index (χ0) is 19.0. The molecule has 8 heteroatoms. The van der Waals surface area contributed by atoms with Crippen molar-refractivity contribution in [2.45, 2.75) is 37.0 Å². The number of hydrogen-bond donors (Lipinski definition) is 1. The standard InChI is InChI=1S/C19H21N3O4S/c1-12-8-14(21-26-12)10-27-16-15(5-3-7-20-16)17(23)22-9-13-4-2-6-19(13,11-22)18(24)25/h3,5,7-8,13H,2,4,6,9-11H2,1H3,(H,24,25)/t13-,19+/m0/s1. The number of thioether (sulfide) groups is 1. The summed E-state index contributed by atoms with van der Waals surface area (Å²) >= 11 is 1.43. The van der Waals surface area contributed by atoms with Crippen molar-refractivity contribution in [2.75, 3.05) is 13.1 Å². The Bertz CT molecular complexity index is 883. The summed E-state index contributed by atoms with van der Waals surface area (Å²) in [6.07, 6.45) is 4.10. The molecule has 1 amide bonds. The summed E-state index contributed by atoms with van der Waals surface area (Å²) in [6.45, 7) is 2.62. The molecule has 27 heavy (non-hydrogen) atoms. The number of nitrogens with zero attached hydrogens (tertiary/aromatic N) is 3. The van der Waals surface area contributed by atoms with Crippen LogP contribution in [0.2, 0.25) is 0 Å². The Morgan fingerprint density at radius 1 is 1.48 bits per heavy atom. The molecule has 2 aromatic heterocycles. The largest absolute Gasteiger partial charge is 0.481 e. The van der Waals surface area contributed by atoms with E-state index in [0.29, 0.717) is 29.3 Å². The number of carbonyl (C=O) groups excluding carboxylic acids is 1. The molecule has 0 unspecified atom stereocenters. The third kappa shape index (κ3) is 3.22. The molecule has 1 saturated heterocycles. The highest BCUT2D eigenvalue weighted by molar-refractivity contribution is 7.98. The van der Waals surface area contributed by atoms with E-state index in [1.54, 1.807) is 23.2 Å². The normalized spacial score (nSPS) is 24.2. The first-order valence-electron chi connectivity index (χ1n) is 9.02. The second-order valence-corrected chi connectivity index (χ2v) is 8.27. The highest BCUT2D eigenvalue weighted by atomic mass is 32.2. The van der Waals surface area contributed by atoms with Crippen LogP contribution in [0.4, 0.5) is 0 Å². The quantitative estimate of drug-likeness (QED) is 0.788. The van der Waals surface area contributed by atoms with Gasteiger partial charge in [-0.2, -0.15) is 0 Å². The number of aliphatic carboxylic acids is 1. The van der Waals surface area contributed by atoms with Gasteiger partial charge in [0.2, 0.25) is 0 Å². The van der Waals surface area contributed by atoms with E-state index in [9.17, 15) is 14.7 Å². The number of carboxylic acid groups (broad SMARTS) is 1. The van der Waals surface area contributed by atoms with Crippen molar-refractivity contribution in [1.29, 1.82) is 0 Å². The van der Waals surface area contributed by atoms with Crippen LogP contribution in [0.5, 0.6) is 0 Å². The van der Waals surface area contributed by atoms with Crippen LogP contribution in [0.25, 0.3) is 0 Å². The van der Waals surface area contributed by atoms with Gasteiger partial charge >= 0.3 is 5.97 Å². The number of aryl methyl sites for hydroxylation is 1. The molecule has 0 spiro atoms. The average molecular weight is 387 g/mol. The molecule has 1 aliphatic carbocycles. The Morgan fingerprint density at radius 2 is 2.33 bits per heavy atom. The zero-order valence-electron chi connectivity index (χ0n) is 15.1. The molecule has 0 radical (unpaired) electrons.